The number of carbonyl (C=O) groups excluding carboxylic acids is 1. The summed E-state index contributed by atoms with van der Waals surface area (Å²) in [6.45, 7) is 0. The molecule has 0 saturated carbocycles. The van der Waals surface area contributed by atoms with Gasteiger partial charge in [-0.1, -0.05) is 11.6 Å². The zero-order chi connectivity index (χ0) is 11.5. The van der Waals surface area contributed by atoms with Crippen molar-refractivity contribution >= 4 is 44.7 Å². The lowest BCUT2D eigenvalue weighted by molar-refractivity contribution is 0.0994. The van der Waals surface area contributed by atoms with Crippen LogP contribution in [0.25, 0.3) is 0 Å². The standard InChI is InChI=1S/C11H7BrClNOS/c12-7-3-8(16-6-7)4-11(15)9-1-2-14-5-10(9)13/h1-3,5-6H,4H2. The van der Waals surface area contributed by atoms with Crippen LogP contribution in [0.5, 0.6) is 0 Å². The first-order valence-corrected chi connectivity index (χ1v) is 6.57. The average molecular weight is 317 g/mol. The molecular weight excluding hydrogens is 310 g/mol. The minimum atomic E-state index is 0.0155. The third-order valence-corrected chi connectivity index (χ3v) is 4.03. The Morgan fingerprint density at radius 2 is 2.38 bits per heavy atom. The molecule has 0 aromatic carbocycles. The summed E-state index contributed by atoms with van der Waals surface area (Å²) in [6, 6.07) is 3.59. The minimum Gasteiger partial charge on any atom is -0.294 e. The Balaban J connectivity index is 2.18. The van der Waals surface area contributed by atoms with Crippen molar-refractivity contribution in [2.45, 2.75) is 6.42 Å². The molecule has 0 bridgehead atoms. The summed E-state index contributed by atoms with van der Waals surface area (Å²) >= 11 is 10.8. The Morgan fingerprint density at radius 3 is 3.00 bits per heavy atom. The topological polar surface area (TPSA) is 30.0 Å². The Kier molecular flexibility index (Phi) is 3.74. The normalized spacial score (nSPS) is 10.4. The van der Waals surface area contributed by atoms with Crippen LogP contribution in [0.1, 0.15) is 15.2 Å². The summed E-state index contributed by atoms with van der Waals surface area (Å²) in [4.78, 5) is 16.8. The third kappa shape index (κ3) is 2.70. The molecule has 2 heterocycles. The number of thiophene rings is 1. The lowest BCUT2D eigenvalue weighted by atomic mass is 10.1. The van der Waals surface area contributed by atoms with Crippen molar-refractivity contribution in [1.29, 1.82) is 0 Å². The summed E-state index contributed by atoms with van der Waals surface area (Å²) in [6.07, 6.45) is 3.43. The predicted molar refractivity (Wildman–Crippen MR) is 69.3 cm³/mol. The molecule has 0 unspecified atom stereocenters. The number of halogens is 2. The van der Waals surface area contributed by atoms with E-state index in [0.717, 1.165) is 9.35 Å². The smallest absolute Gasteiger partial charge is 0.169 e. The van der Waals surface area contributed by atoms with Crippen molar-refractivity contribution < 1.29 is 4.79 Å². The Bertz CT molecular complexity index is 526. The van der Waals surface area contributed by atoms with E-state index < -0.39 is 0 Å². The average Bonchev–Trinajstić information content (AvgIpc) is 2.64. The van der Waals surface area contributed by atoms with E-state index in [9.17, 15) is 4.79 Å². The quantitative estimate of drug-likeness (QED) is 0.802. The third-order valence-electron chi connectivity index (χ3n) is 2.03. The fraction of sp³-hybridized carbons (Fsp3) is 0.0909. The second kappa shape index (κ2) is 5.08. The van der Waals surface area contributed by atoms with Crippen LogP contribution in [-0.4, -0.2) is 10.8 Å². The molecule has 0 radical (unpaired) electrons. The van der Waals surface area contributed by atoms with Crippen molar-refractivity contribution in [2.24, 2.45) is 0 Å². The largest absolute Gasteiger partial charge is 0.294 e. The van der Waals surface area contributed by atoms with Crippen LogP contribution in [0, 0.1) is 0 Å². The monoisotopic (exact) mass is 315 g/mol. The number of hydrogen-bond acceptors (Lipinski definition) is 3. The maximum absolute atomic E-state index is 11.9. The van der Waals surface area contributed by atoms with E-state index in [4.69, 9.17) is 11.6 Å². The molecule has 0 saturated heterocycles. The van der Waals surface area contributed by atoms with Crippen LogP contribution in [0.15, 0.2) is 34.4 Å². The van der Waals surface area contributed by atoms with Gasteiger partial charge in [-0.05, 0) is 28.1 Å². The van der Waals surface area contributed by atoms with Gasteiger partial charge >= 0.3 is 0 Å². The first kappa shape index (κ1) is 11.8. The summed E-state index contributed by atoms with van der Waals surface area (Å²) < 4.78 is 1.00. The first-order chi connectivity index (χ1) is 7.66. The molecule has 16 heavy (non-hydrogen) atoms. The zero-order valence-corrected chi connectivity index (χ0v) is 11.3. The highest BCUT2D eigenvalue weighted by Crippen LogP contribution is 2.22. The van der Waals surface area contributed by atoms with Crippen LogP contribution < -0.4 is 0 Å². The number of nitrogens with zero attached hydrogens (tertiary/aromatic N) is 1. The van der Waals surface area contributed by atoms with E-state index in [2.05, 4.69) is 20.9 Å². The van der Waals surface area contributed by atoms with Gasteiger partial charge in [-0.2, -0.15) is 0 Å². The van der Waals surface area contributed by atoms with Gasteiger partial charge in [-0.3, -0.25) is 9.78 Å². The van der Waals surface area contributed by atoms with Crippen LogP contribution >= 0.6 is 38.9 Å². The van der Waals surface area contributed by atoms with Gasteiger partial charge in [0.1, 0.15) is 0 Å². The van der Waals surface area contributed by atoms with Gasteiger partial charge in [0.15, 0.2) is 5.78 Å². The van der Waals surface area contributed by atoms with Gasteiger partial charge in [0.25, 0.3) is 0 Å². The van der Waals surface area contributed by atoms with E-state index in [1.807, 2.05) is 11.4 Å². The molecule has 82 valence electrons. The lowest BCUT2D eigenvalue weighted by Gasteiger charge is -2.00. The van der Waals surface area contributed by atoms with Gasteiger partial charge < -0.3 is 0 Å². The second-order valence-corrected chi connectivity index (χ2v) is 5.51. The van der Waals surface area contributed by atoms with Crippen molar-refractivity contribution in [3.05, 3.63) is 49.8 Å². The molecule has 0 atom stereocenters. The maximum atomic E-state index is 11.9. The fourth-order valence-corrected chi connectivity index (χ4v) is 2.98. The number of aromatic nitrogens is 1. The Hall–Kier alpha value is -0.710. The lowest BCUT2D eigenvalue weighted by Crippen LogP contribution is -2.03. The summed E-state index contributed by atoms with van der Waals surface area (Å²) in [5, 5.41) is 2.36. The molecular formula is C11H7BrClNOS. The molecule has 0 fully saturated rings. The number of hydrogen-bond donors (Lipinski definition) is 0. The minimum absolute atomic E-state index is 0.0155. The molecule has 0 aliphatic rings. The van der Waals surface area contributed by atoms with Crippen LogP contribution in [0.4, 0.5) is 0 Å². The molecule has 0 aliphatic heterocycles. The number of Topliss-reactive ketones (excluding diaryl/α,β-unsaturated/α-hetero) is 1. The summed E-state index contributed by atoms with van der Waals surface area (Å²) in [5.74, 6) is 0.0155. The van der Waals surface area contributed by atoms with E-state index in [0.29, 0.717) is 17.0 Å². The van der Waals surface area contributed by atoms with Crippen molar-refractivity contribution in [3.63, 3.8) is 0 Å². The van der Waals surface area contributed by atoms with E-state index in [1.165, 1.54) is 6.20 Å². The van der Waals surface area contributed by atoms with E-state index >= 15 is 0 Å². The van der Waals surface area contributed by atoms with Crippen LogP contribution in [0.2, 0.25) is 5.02 Å². The number of pyridine rings is 1. The first-order valence-electron chi connectivity index (χ1n) is 4.52. The fourth-order valence-electron chi connectivity index (χ4n) is 1.30. The van der Waals surface area contributed by atoms with Gasteiger partial charge in [-0.15, -0.1) is 11.3 Å². The maximum Gasteiger partial charge on any atom is 0.169 e. The highest BCUT2D eigenvalue weighted by atomic mass is 79.9. The second-order valence-electron chi connectivity index (χ2n) is 3.19. The summed E-state index contributed by atoms with van der Waals surface area (Å²) in [5.41, 5.74) is 0.529. The molecule has 0 amide bonds. The summed E-state index contributed by atoms with van der Waals surface area (Å²) in [7, 11) is 0. The molecule has 2 nitrogen and oxygen atoms in total. The van der Waals surface area contributed by atoms with Crippen LogP contribution in [-0.2, 0) is 6.42 Å². The molecule has 0 aliphatic carbocycles. The number of ketones is 1. The Morgan fingerprint density at radius 1 is 1.56 bits per heavy atom. The van der Waals surface area contributed by atoms with Crippen molar-refractivity contribution in [1.82, 2.24) is 4.98 Å². The van der Waals surface area contributed by atoms with Crippen molar-refractivity contribution in [3.8, 4) is 0 Å². The number of rotatable bonds is 3. The van der Waals surface area contributed by atoms with E-state index in [1.54, 1.807) is 23.6 Å². The zero-order valence-electron chi connectivity index (χ0n) is 8.11. The SMILES string of the molecule is O=C(Cc1cc(Br)cs1)c1ccncc1Cl. The van der Waals surface area contributed by atoms with Gasteiger partial charge in [0, 0.05) is 39.1 Å². The number of carbonyl (C=O) groups is 1. The molecule has 0 N–H and O–H groups in total. The molecule has 0 spiro atoms. The van der Waals surface area contributed by atoms with Gasteiger partial charge in [-0.25, -0.2) is 0 Å². The van der Waals surface area contributed by atoms with E-state index in [-0.39, 0.29) is 5.78 Å². The van der Waals surface area contributed by atoms with Crippen LogP contribution in [0.3, 0.4) is 0 Å². The molecule has 2 aromatic rings. The van der Waals surface area contributed by atoms with Crippen molar-refractivity contribution in [2.75, 3.05) is 0 Å². The van der Waals surface area contributed by atoms with Gasteiger partial charge in [0.2, 0.25) is 0 Å². The molecule has 2 aromatic heterocycles. The highest BCUT2D eigenvalue weighted by molar-refractivity contribution is 9.10. The molecule has 2 rings (SSSR count). The predicted octanol–water partition coefficient (Wildman–Crippen LogP) is 3.98. The van der Waals surface area contributed by atoms with Gasteiger partial charge in [0.05, 0.1) is 5.02 Å². The Labute approximate surface area is 110 Å². The molecule has 5 heteroatoms. The highest BCUT2D eigenvalue weighted by Gasteiger charge is 2.11.